The van der Waals surface area contributed by atoms with Crippen LogP contribution in [-0.4, -0.2) is 10.8 Å². The monoisotopic (exact) mass is 390 g/mol. The molecule has 2 aromatic rings. The molecule has 0 fully saturated rings. The van der Waals surface area contributed by atoms with E-state index >= 15 is 0 Å². The Balaban J connectivity index is 0. The number of rotatable bonds is 2. The molecule has 0 unspecified atom stereocenters. The molecule has 124 valence electrons. The summed E-state index contributed by atoms with van der Waals surface area (Å²) in [6, 6.07) is 14.2. The van der Waals surface area contributed by atoms with Gasteiger partial charge < -0.3 is 12.5 Å². The van der Waals surface area contributed by atoms with E-state index in [1.807, 2.05) is 31.2 Å². The van der Waals surface area contributed by atoms with Crippen LogP contribution in [0.4, 0.5) is 5.69 Å². The Morgan fingerprint density at radius 1 is 1.05 bits per heavy atom. The first-order valence-corrected chi connectivity index (χ1v) is 6.98. The van der Waals surface area contributed by atoms with Gasteiger partial charge in [0.2, 0.25) is 0 Å². The summed E-state index contributed by atoms with van der Waals surface area (Å²) in [5, 5.41) is 11.5. The maximum atomic E-state index is 9.19. The summed E-state index contributed by atoms with van der Waals surface area (Å²) in [7, 11) is 0. The molecular formula is C19H26NOPd-. The average Bonchev–Trinajstić information content (AvgIpc) is 2.39. The van der Waals surface area contributed by atoms with Gasteiger partial charge >= 0.3 is 0 Å². The van der Waals surface area contributed by atoms with Crippen molar-refractivity contribution in [3.8, 4) is 0 Å². The van der Waals surface area contributed by atoms with Gasteiger partial charge in [-0.3, -0.25) is 4.99 Å². The smallest absolute Gasteiger partial charge is 0.0909 e. The van der Waals surface area contributed by atoms with Crippen LogP contribution in [0.3, 0.4) is 0 Å². The van der Waals surface area contributed by atoms with E-state index in [4.69, 9.17) is 0 Å². The minimum Gasteiger partial charge on any atom is -0.513 e. The molecule has 0 atom stereocenters. The van der Waals surface area contributed by atoms with Crippen LogP contribution in [0, 0.1) is 7.43 Å². The molecule has 0 aliphatic rings. The van der Waals surface area contributed by atoms with Gasteiger partial charge in [-0.2, -0.15) is 0 Å². The van der Waals surface area contributed by atoms with E-state index in [0.717, 1.165) is 16.8 Å². The summed E-state index contributed by atoms with van der Waals surface area (Å²) < 4.78 is 0. The fourth-order valence-electron chi connectivity index (χ4n) is 1.83. The number of aliphatic hydroxyl groups is 1. The van der Waals surface area contributed by atoms with E-state index < -0.39 is 0 Å². The second-order valence-electron chi connectivity index (χ2n) is 4.74. The Kier molecular flexibility index (Phi) is 12.6. The molecule has 0 amide bonds. The van der Waals surface area contributed by atoms with Crippen LogP contribution in [0.5, 0.6) is 0 Å². The molecule has 2 aromatic carbocycles. The molecule has 0 saturated heterocycles. The largest absolute Gasteiger partial charge is 0.513 e. The summed E-state index contributed by atoms with van der Waals surface area (Å²) in [6.07, 6.45) is 2.90. The predicted molar refractivity (Wildman–Crippen MR) is 95.5 cm³/mol. The molecule has 0 saturated carbocycles. The summed E-state index contributed by atoms with van der Waals surface area (Å²) in [4.78, 5) is 4.51. The number of aliphatic imine (C=N–C) groups is 1. The number of hydrogen-bond acceptors (Lipinski definition) is 2. The zero-order chi connectivity index (χ0) is 15.0. The van der Waals surface area contributed by atoms with Gasteiger partial charge in [0, 0.05) is 31.5 Å². The van der Waals surface area contributed by atoms with Crippen molar-refractivity contribution in [2.45, 2.75) is 34.1 Å². The molecule has 0 heterocycles. The van der Waals surface area contributed by atoms with Crippen molar-refractivity contribution in [2.75, 3.05) is 0 Å². The first-order chi connectivity index (χ1) is 9.58. The SMILES string of the molecule is CC(O)=CC(C)=Nc1cccc2ccccc12.CCC.[CH3-].[Pd]. The summed E-state index contributed by atoms with van der Waals surface area (Å²) in [5.41, 5.74) is 1.72. The van der Waals surface area contributed by atoms with Crippen LogP contribution in [0.2, 0.25) is 0 Å². The molecule has 0 aliphatic carbocycles. The maximum Gasteiger partial charge on any atom is 0.0909 e. The molecule has 2 rings (SSSR count). The van der Waals surface area contributed by atoms with Crippen molar-refractivity contribution in [1.29, 1.82) is 0 Å². The number of hydrogen-bond donors (Lipinski definition) is 1. The van der Waals surface area contributed by atoms with Gasteiger partial charge in [0.1, 0.15) is 0 Å². The van der Waals surface area contributed by atoms with E-state index in [-0.39, 0.29) is 33.6 Å². The van der Waals surface area contributed by atoms with Gasteiger partial charge in [0.05, 0.1) is 11.4 Å². The minimum absolute atomic E-state index is 0. The Labute approximate surface area is 148 Å². The number of benzene rings is 2. The van der Waals surface area contributed by atoms with Gasteiger partial charge in [-0.25, -0.2) is 0 Å². The molecular weight excluding hydrogens is 365 g/mol. The molecule has 22 heavy (non-hydrogen) atoms. The topological polar surface area (TPSA) is 32.6 Å². The van der Waals surface area contributed by atoms with Crippen molar-refractivity contribution in [2.24, 2.45) is 4.99 Å². The summed E-state index contributed by atoms with van der Waals surface area (Å²) in [6.45, 7) is 7.77. The minimum atomic E-state index is 0. The van der Waals surface area contributed by atoms with Gasteiger partial charge in [-0.15, -0.1) is 0 Å². The van der Waals surface area contributed by atoms with E-state index in [1.165, 1.54) is 11.8 Å². The first-order valence-electron chi connectivity index (χ1n) is 6.98. The third kappa shape index (κ3) is 7.54. The van der Waals surface area contributed by atoms with Crippen LogP contribution in [-0.2, 0) is 20.4 Å². The number of fused-ring (bicyclic) bond motifs is 1. The van der Waals surface area contributed by atoms with Crippen LogP contribution in [0.25, 0.3) is 10.8 Å². The predicted octanol–water partition coefficient (Wildman–Crippen LogP) is 6.26. The van der Waals surface area contributed by atoms with Crippen molar-refractivity contribution in [3.63, 3.8) is 0 Å². The van der Waals surface area contributed by atoms with Crippen LogP contribution in [0.15, 0.2) is 59.3 Å². The average molecular weight is 391 g/mol. The first kappa shape index (κ1) is 22.8. The Morgan fingerprint density at radius 3 is 2.18 bits per heavy atom. The normalized spacial score (nSPS) is 10.9. The van der Waals surface area contributed by atoms with Crippen molar-refractivity contribution in [3.05, 3.63) is 61.7 Å². The van der Waals surface area contributed by atoms with Crippen molar-refractivity contribution >= 4 is 22.2 Å². The van der Waals surface area contributed by atoms with Gasteiger partial charge in [0.15, 0.2) is 0 Å². The number of nitrogens with zero attached hydrogens (tertiary/aromatic N) is 1. The van der Waals surface area contributed by atoms with Crippen molar-refractivity contribution < 1.29 is 25.5 Å². The van der Waals surface area contributed by atoms with Crippen LogP contribution >= 0.6 is 0 Å². The Morgan fingerprint density at radius 2 is 1.59 bits per heavy atom. The third-order valence-electron chi connectivity index (χ3n) is 2.48. The van der Waals surface area contributed by atoms with E-state index in [2.05, 4.69) is 37.0 Å². The quantitative estimate of drug-likeness (QED) is 0.279. The van der Waals surface area contributed by atoms with Gasteiger partial charge in [0.25, 0.3) is 0 Å². The molecule has 2 nitrogen and oxygen atoms in total. The molecule has 0 radical (unpaired) electrons. The summed E-state index contributed by atoms with van der Waals surface area (Å²) in [5.74, 6) is 0.270. The Bertz CT molecular complexity index is 608. The molecule has 0 aromatic heterocycles. The second-order valence-corrected chi connectivity index (χ2v) is 4.74. The van der Waals surface area contributed by atoms with Gasteiger partial charge in [-0.1, -0.05) is 56.7 Å². The molecule has 0 aliphatic heterocycles. The second kappa shape index (κ2) is 12.1. The van der Waals surface area contributed by atoms with E-state index in [1.54, 1.807) is 13.0 Å². The fourth-order valence-corrected chi connectivity index (χ4v) is 1.83. The fraction of sp³-hybridized carbons (Fsp3) is 0.263. The van der Waals surface area contributed by atoms with E-state index in [9.17, 15) is 5.11 Å². The standard InChI is InChI=1S/C15H15NO.C3H8.CH3.Pd/c1-11(10-12(2)17)16-15-9-5-7-13-6-3-4-8-14(13)15;1-3-2;;/h3-10,17H,1-2H3;3H2,1-2H3;1H3;/q;;-1;. The van der Waals surface area contributed by atoms with Crippen molar-refractivity contribution in [1.82, 2.24) is 0 Å². The third-order valence-corrected chi connectivity index (χ3v) is 2.48. The van der Waals surface area contributed by atoms with Gasteiger partial charge in [-0.05, 0) is 31.4 Å². The maximum absolute atomic E-state index is 9.19. The number of aliphatic hydroxyl groups excluding tert-OH is 1. The zero-order valence-electron chi connectivity index (χ0n) is 14.0. The number of allylic oxidation sites excluding steroid dienone is 2. The van der Waals surface area contributed by atoms with Crippen LogP contribution in [0.1, 0.15) is 34.1 Å². The molecule has 1 N–H and O–H groups in total. The molecule has 3 heteroatoms. The summed E-state index contributed by atoms with van der Waals surface area (Å²) >= 11 is 0. The molecule has 0 spiro atoms. The van der Waals surface area contributed by atoms with E-state index in [0.29, 0.717) is 0 Å². The Hall–Kier alpha value is -1.43. The zero-order valence-corrected chi connectivity index (χ0v) is 15.6. The molecule has 0 bridgehead atoms. The van der Waals surface area contributed by atoms with Crippen LogP contribution < -0.4 is 0 Å².